The van der Waals surface area contributed by atoms with Crippen molar-refractivity contribution in [3.8, 4) is 0 Å². The quantitative estimate of drug-likeness (QED) is 0.840. The molecule has 2 aromatic carbocycles. The molecule has 0 bridgehead atoms. The fourth-order valence-electron chi connectivity index (χ4n) is 1.94. The molecule has 0 aliphatic rings. The Morgan fingerprint density at radius 2 is 1.80 bits per heavy atom. The van der Waals surface area contributed by atoms with Gasteiger partial charge in [0.1, 0.15) is 0 Å². The number of hydrogen-bond donors (Lipinski definition) is 2. The highest BCUT2D eigenvalue weighted by atomic mass is 35.5. The van der Waals surface area contributed by atoms with E-state index in [-0.39, 0.29) is 17.0 Å². The number of ketones is 1. The van der Waals surface area contributed by atoms with Crippen LogP contribution in [0.1, 0.15) is 21.5 Å². The summed E-state index contributed by atoms with van der Waals surface area (Å²) < 4.78 is 0. The Bertz CT molecular complexity index is 668. The van der Waals surface area contributed by atoms with Gasteiger partial charge < -0.3 is 5.11 Å². The minimum atomic E-state index is -1.22. The normalized spacial score (nSPS) is 10.1. The van der Waals surface area contributed by atoms with Crippen molar-refractivity contribution >= 4 is 29.2 Å². The van der Waals surface area contributed by atoms with Gasteiger partial charge in [0.15, 0.2) is 5.78 Å². The number of hydrogen-bond acceptors (Lipinski definition) is 2. The van der Waals surface area contributed by atoms with E-state index in [1.807, 2.05) is 0 Å². The van der Waals surface area contributed by atoms with Gasteiger partial charge in [-0.1, -0.05) is 41.9 Å². The molecule has 0 saturated carbocycles. The summed E-state index contributed by atoms with van der Waals surface area (Å²) >= 11 is 5.96. The molecule has 4 nitrogen and oxygen atoms in total. The van der Waals surface area contributed by atoms with Crippen molar-refractivity contribution < 1.29 is 14.7 Å². The van der Waals surface area contributed by atoms with Crippen LogP contribution in [0.4, 0.5) is 10.5 Å². The van der Waals surface area contributed by atoms with E-state index in [2.05, 4.69) is 5.32 Å². The van der Waals surface area contributed by atoms with Gasteiger partial charge in [-0.05, 0) is 24.6 Å². The van der Waals surface area contributed by atoms with Gasteiger partial charge in [0.25, 0.3) is 0 Å². The van der Waals surface area contributed by atoms with E-state index in [4.69, 9.17) is 16.7 Å². The minimum absolute atomic E-state index is 0.239. The molecule has 0 heterocycles. The van der Waals surface area contributed by atoms with Crippen molar-refractivity contribution in [2.75, 3.05) is 5.32 Å². The first-order chi connectivity index (χ1) is 9.49. The van der Waals surface area contributed by atoms with E-state index in [1.165, 1.54) is 6.07 Å². The van der Waals surface area contributed by atoms with Crippen LogP contribution in [0.3, 0.4) is 0 Å². The second-order valence-corrected chi connectivity index (χ2v) is 4.71. The van der Waals surface area contributed by atoms with E-state index in [0.29, 0.717) is 16.1 Å². The number of aryl methyl sites for hydroxylation is 1. The molecule has 2 aromatic rings. The third-order valence-electron chi connectivity index (χ3n) is 2.81. The summed E-state index contributed by atoms with van der Waals surface area (Å²) in [5, 5.41) is 11.5. The van der Waals surface area contributed by atoms with Crippen LogP contribution >= 0.6 is 11.6 Å². The van der Waals surface area contributed by atoms with Crippen LogP contribution in [0.25, 0.3) is 0 Å². The second-order valence-electron chi connectivity index (χ2n) is 4.27. The number of benzene rings is 2. The lowest BCUT2D eigenvalue weighted by molar-refractivity contribution is 0.103. The summed E-state index contributed by atoms with van der Waals surface area (Å²) in [6.07, 6.45) is -1.22. The molecule has 0 saturated heterocycles. The first-order valence-electron chi connectivity index (χ1n) is 5.89. The van der Waals surface area contributed by atoms with E-state index in [9.17, 15) is 9.59 Å². The standard InChI is InChI=1S/C15H12ClNO3/c1-9-7-11(16)8-12(13(9)17-15(19)20)14(18)10-5-3-2-4-6-10/h2-8,17H,1H3,(H,19,20). The van der Waals surface area contributed by atoms with Crippen LogP contribution < -0.4 is 5.32 Å². The summed E-state index contributed by atoms with van der Waals surface area (Å²) in [7, 11) is 0. The van der Waals surface area contributed by atoms with Gasteiger partial charge in [0.05, 0.1) is 5.69 Å². The first-order valence-corrected chi connectivity index (χ1v) is 6.26. The van der Waals surface area contributed by atoms with Crippen molar-refractivity contribution in [2.45, 2.75) is 6.92 Å². The minimum Gasteiger partial charge on any atom is -0.465 e. The van der Waals surface area contributed by atoms with Crippen molar-refractivity contribution in [2.24, 2.45) is 0 Å². The Morgan fingerprint density at radius 3 is 2.40 bits per heavy atom. The number of rotatable bonds is 3. The number of anilines is 1. The molecule has 0 unspecified atom stereocenters. The smallest absolute Gasteiger partial charge is 0.409 e. The Labute approximate surface area is 121 Å². The zero-order valence-electron chi connectivity index (χ0n) is 10.7. The second kappa shape index (κ2) is 5.75. The van der Waals surface area contributed by atoms with Crippen LogP contribution in [0.2, 0.25) is 5.02 Å². The van der Waals surface area contributed by atoms with E-state index < -0.39 is 6.09 Å². The maximum Gasteiger partial charge on any atom is 0.409 e. The molecule has 5 heteroatoms. The largest absolute Gasteiger partial charge is 0.465 e. The Morgan fingerprint density at radius 1 is 1.15 bits per heavy atom. The molecular weight excluding hydrogens is 278 g/mol. The molecule has 20 heavy (non-hydrogen) atoms. The van der Waals surface area contributed by atoms with Crippen molar-refractivity contribution in [1.82, 2.24) is 0 Å². The summed E-state index contributed by atoms with van der Waals surface area (Å²) in [6.45, 7) is 1.69. The van der Waals surface area contributed by atoms with Crippen molar-refractivity contribution in [1.29, 1.82) is 0 Å². The molecule has 102 valence electrons. The number of carbonyl (C=O) groups is 2. The number of amides is 1. The lowest BCUT2D eigenvalue weighted by atomic mass is 9.99. The molecule has 0 fully saturated rings. The number of nitrogens with one attached hydrogen (secondary N) is 1. The van der Waals surface area contributed by atoms with Gasteiger partial charge in [-0.25, -0.2) is 4.79 Å². The fourth-order valence-corrected chi connectivity index (χ4v) is 2.21. The predicted molar refractivity (Wildman–Crippen MR) is 77.7 cm³/mol. The maximum absolute atomic E-state index is 12.5. The molecule has 0 aliphatic heterocycles. The summed E-state index contributed by atoms with van der Waals surface area (Å²) in [4.78, 5) is 23.3. The maximum atomic E-state index is 12.5. The fraction of sp³-hybridized carbons (Fsp3) is 0.0667. The van der Waals surface area contributed by atoms with E-state index in [1.54, 1.807) is 43.3 Å². The Kier molecular flexibility index (Phi) is 4.05. The number of carboxylic acid groups (broad SMARTS) is 1. The molecule has 2 N–H and O–H groups in total. The van der Waals surface area contributed by atoms with Crippen LogP contribution in [-0.4, -0.2) is 17.0 Å². The molecular formula is C15H12ClNO3. The molecule has 2 rings (SSSR count). The van der Waals surface area contributed by atoms with Gasteiger partial charge in [-0.2, -0.15) is 0 Å². The van der Waals surface area contributed by atoms with Gasteiger partial charge >= 0.3 is 6.09 Å². The van der Waals surface area contributed by atoms with Crippen LogP contribution in [0.5, 0.6) is 0 Å². The van der Waals surface area contributed by atoms with Crippen molar-refractivity contribution in [3.63, 3.8) is 0 Å². The highest BCUT2D eigenvalue weighted by Crippen LogP contribution is 2.27. The van der Waals surface area contributed by atoms with E-state index >= 15 is 0 Å². The first kappa shape index (κ1) is 14.1. The molecule has 0 aromatic heterocycles. The van der Waals surface area contributed by atoms with E-state index in [0.717, 1.165) is 0 Å². The lowest BCUT2D eigenvalue weighted by Gasteiger charge is -2.12. The molecule has 0 atom stereocenters. The third kappa shape index (κ3) is 2.97. The molecule has 0 radical (unpaired) electrons. The highest BCUT2D eigenvalue weighted by molar-refractivity contribution is 6.31. The van der Waals surface area contributed by atoms with Crippen molar-refractivity contribution in [3.05, 3.63) is 64.2 Å². The van der Waals surface area contributed by atoms with Crippen LogP contribution in [-0.2, 0) is 0 Å². The van der Waals surface area contributed by atoms with Crippen LogP contribution in [0, 0.1) is 6.92 Å². The van der Waals surface area contributed by atoms with Gasteiger partial charge in [0, 0.05) is 16.1 Å². The molecule has 1 amide bonds. The molecule has 0 aliphatic carbocycles. The summed E-state index contributed by atoms with van der Waals surface area (Å²) in [5.74, 6) is -0.278. The number of carbonyl (C=O) groups excluding carboxylic acids is 1. The topological polar surface area (TPSA) is 66.4 Å². The Balaban J connectivity index is 2.55. The average molecular weight is 290 g/mol. The van der Waals surface area contributed by atoms with Gasteiger partial charge in [0.2, 0.25) is 0 Å². The molecule has 0 spiro atoms. The lowest BCUT2D eigenvalue weighted by Crippen LogP contribution is -2.14. The predicted octanol–water partition coefficient (Wildman–Crippen LogP) is 3.97. The van der Waals surface area contributed by atoms with Gasteiger partial charge in [-0.15, -0.1) is 0 Å². The zero-order chi connectivity index (χ0) is 14.7. The summed E-state index contributed by atoms with van der Waals surface area (Å²) in [6, 6.07) is 11.7. The van der Waals surface area contributed by atoms with Gasteiger partial charge in [-0.3, -0.25) is 10.1 Å². The number of halogens is 1. The summed E-state index contributed by atoms with van der Waals surface area (Å²) in [5.41, 5.74) is 1.57. The highest BCUT2D eigenvalue weighted by Gasteiger charge is 2.17. The Hall–Kier alpha value is -2.33. The monoisotopic (exact) mass is 289 g/mol. The average Bonchev–Trinajstić information content (AvgIpc) is 2.41. The zero-order valence-corrected chi connectivity index (χ0v) is 11.4. The third-order valence-corrected chi connectivity index (χ3v) is 3.03. The SMILES string of the molecule is Cc1cc(Cl)cc(C(=O)c2ccccc2)c1NC(=O)O. The van der Waals surface area contributed by atoms with Crippen LogP contribution in [0.15, 0.2) is 42.5 Å².